The summed E-state index contributed by atoms with van der Waals surface area (Å²) >= 11 is 0. The van der Waals surface area contributed by atoms with Crippen molar-refractivity contribution < 1.29 is 23.9 Å². The fourth-order valence-corrected chi connectivity index (χ4v) is 4.73. The monoisotopic (exact) mass is 464 g/mol. The van der Waals surface area contributed by atoms with Gasteiger partial charge in [0.25, 0.3) is 11.8 Å². The van der Waals surface area contributed by atoms with E-state index in [4.69, 9.17) is 16.2 Å². The number of aryl methyl sites for hydroxylation is 1. The van der Waals surface area contributed by atoms with Crippen molar-refractivity contribution in [3.63, 3.8) is 0 Å². The van der Waals surface area contributed by atoms with Crippen LogP contribution in [0.4, 0.5) is 4.79 Å². The quantitative estimate of drug-likeness (QED) is 0.621. The molecule has 0 bridgehead atoms. The number of hydrogen-bond donors (Lipinski definition) is 2. The number of fused-ring (bicyclic) bond motifs is 1. The average Bonchev–Trinajstić information content (AvgIpc) is 3.47. The highest BCUT2D eigenvalue weighted by molar-refractivity contribution is 6.05. The first-order valence-electron chi connectivity index (χ1n) is 11.3. The van der Waals surface area contributed by atoms with Crippen LogP contribution in [0.3, 0.4) is 0 Å². The fraction of sp³-hybridized carbons (Fsp3) is 0.360. The molecule has 1 aliphatic heterocycles. The van der Waals surface area contributed by atoms with Crippen LogP contribution in [0.15, 0.2) is 54.6 Å². The van der Waals surface area contributed by atoms with Crippen LogP contribution in [0.2, 0.25) is 0 Å². The zero-order valence-corrected chi connectivity index (χ0v) is 18.8. The van der Waals surface area contributed by atoms with E-state index in [-0.39, 0.29) is 6.61 Å². The van der Waals surface area contributed by atoms with Gasteiger partial charge in [-0.2, -0.15) is 0 Å². The van der Waals surface area contributed by atoms with Crippen LogP contribution < -0.4 is 11.5 Å². The summed E-state index contributed by atoms with van der Waals surface area (Å²) in [5.41, 5.74) is 12.8. The van der Waals surface area contributed by atoms with Crippen molar-refractivity contribution in [3.05, 3.63) is 71.3 Å². The topological polar surface area (TPSA) is 136 Å². The van der Waals surface area contributed by atoms with Gasteiger partial charge in [0.2, 0.25) is 5.91 Å². The highest BCUT2D eigenvalue weighted by Gasteiger charge is 2.48. The van der Waals surface area contributed by atoms with E-state index in [0.717, 1.165) is 16.0 Å². The van der Waals surface area contributed by atoms with E-state index in [2.05, 4.69) is 0 Å². The summed E-state index contributed by atoms with van der Waals surface area (Å²) in [6.07, 6.45) is 1.14. The third-order valence-corrected chi connectivity index (χ3v) is 6.47. The van der Waals surface area contributed by atoms with Gasteiger partial charge in [-0.3, -0.25) is 24.2 Å². The van der Waals surface area contributed by atoms with Gasteiger partial charge < -0.3 is 16.2 Å². The number of likely N-dealkylation sites (tertiary alicyclic amines) is 1. The largest absolute Gasteiger partial charge is 0.445 e. The van der Waals surface area contributed by atoms with Crippen LogP contribution in [0.5, 0.6) is 0 Å². The lowest BCUT2D eigenvalue weighted by molar-refractivity contribution is -0.153. The molecule has 0 aromatic heterocycles. The van der Waals surface area contributed by atoms with Gasteiger partial charge in [0.05, 0.1) is 0 Å². The molecule has 4 rings (SSSR count). The number of primary amides is 1. The first kappa shape index (κ1) is 23.4. The summed E-state index contributed by atoms with van der Waals surface area (Å²) < 4.78 is 5.39. The Morgan fingerprint density at radius 3 is 2.50 bits per heavy atom. The van der Waals surface area contributed by atoms with Gasteiger partial charge in [-0.15, -0.1) is 0 Å². The molecule has 4 N–H and O–H groups in total. The van der Waals surface area contributed by atoms with Gasteiger partial charge >= 0.3 is 6.09 Å². The van der Waals surface area contributed by atoms with Crippen molar-refractivity contribution in [3.8, 4) is 0 Å². The SMILES string of the molecule is NC(=O)CN(C(=O)[C@@H]1CCCN1C(=O)OCc1ccccc1)C(=O)C1(N)CCc2ccccc21. The van der Waals surface area contributed by atoms with Crippen LogP contribution >= 0.6 is 0 Å². The van der Waals surface area contributed by atoms with Crippen molar-refractivity contribution >= 4 is 23.8 Å². The number of rotatable bonds is 6. The molecule has 1 fully saturated rings. The Hall–Kier alpha value is -3.72. The number of nitrogens with zero attached hydrogens (tertiary/aromatic N) is 2. The molecular formula is C25H28N4O5. The molecule has 0 saturated carbocycles. The summed E-state index contributed by atoms with van der Waals surface area (Å²) in [4.78, 5) is 53.8. The first-order chi connectivity index (χ1) is 16.3. The molecule has 34 heavy (non-hydrogen) atoms. The van der Waals surface area contributed by atoms with Crippen molar-refractivity contribution in [1.82, 2.24) is 9.80 Å². The molecule has 1 unspecified atom stereocenters. The van der Waals surface area contributed by atoms with E-state index in [1.165, 1.54) is 4.90 Å². The maximum atomic E-state index is 13.6. The zero-order chi connectivity index (χ0) is 24.3. The second-order valence-corrected chi connectivity index (χ2v) is 8.72. The summed E-state index contributed by atoms with van der Waals surface area (Å²) in [6, 6.07) is 15.5. The number of hydrogen-bond acceptors (Lipinski definition) is 6. The molecule has 2 atom stereocenters. The van der Waals surface area contributed by atoms with E-state index in [1.54, 1.807) is 12.1 Å². The summed E-state index contributed by atoms with van der Waals surface area (Å²) in [7, 11) is 0. The Morgan fingerprint density at radius 1 is 1.06 bits per heavy atom. The van der Waals surface area contributed by atoms with E-state index in [0.29, 0.717) is 37.8 Å². The highest BCUT2D eigenvalue weighted by Crippen LogP contribution is 2.36. The minimum Gasteiger partial charge on any atom is -0.445 e. The molecule has 0 radical (unpaired) electrons. The van der Waals surface area contributed by atoms with E-state index >= 15 is 0 Å². The summed E-state index contributed by atoms with van der Waals surface area (Å²) in [5.74, 6) is -2.20. The molecule has 1 saturated heterocycles. The molecule has 1 heterocycles. The second-order valence-electron chi connectivity index (χ2n) is 8.72. The molecule has 2 aromatic carbocycles. The van der Waals surface area contributed by atoms with E-state index in [9.17, 15) is 19.2 Å². The number of carbonyl (C=O) groups excluding carboxylic acids is 4. The normalized spacial score (nSPS) is 21.1. The molecule has 1 aliphatic carbocycles. The van der Waals surface area contributed by atoms with Gasteiger partial charge in [0.1, 0.15) is 24.7 Å². The van der Waals surface area contributed by atoms with Gasteiger partial charge in [-0.25, -0.2) is 4.79 Å². The van der Waals surface area contributed by atoms with Crippen molar-refractivity contribution in [1.29, 1.82) is 0 Å². The second kappa shape index (κ2) is 9.64. The molecule has 178 valence electrons. The van der Waals surface area contributed by atoms with Crippen LogP contribution in [-0.4, -0.2) is 52.7 Å². The highest BCUT2D eigenvalue weighted by atomic mass is 16.6. The molecular weight excluding hydrogens is 436 g/mol. The Bertz CT molecular complexity index is 1110. The minimum atomic E-state index is -1.45. The van der Waals surface area contributed by atoms with Crippen molar-refractivity contribution in [2.45, 2.75) is 43.9 Å². The third kappa shape index (κ3) is 4.51. The predicted molar refractivity (Wildman–Crippen MR) is 123 cm³/mol. The number of ether oxygens (including phenoxy) is 1. The number of nitrogens with two attached hydrogens (primary N) is 2. The maximum Gasteiger partial charge on any atom is 0.410 e. The Balaban J connectivity index is 1.53. The summed E-state index contributed by atoms with van der Waals surface area (Å²) in [5, 5.41) is 0. The van der Waals surface area contributed by atoms with Crippen LogP contribution in [0, 0.1) is 0 Å². The number of benzene rings is 2. The van der Waals surface area contributed by atoms with Crippen molar-refractivity contribution in [2.24, 2.45) is 11.5 Å². The lowest BCUT2D eigenvalue weighted by Crippen LogP contribution is -2.59. The molecule has 4 amide bonds. The number of imide groups is 1. The smallest absolute Gasteiger partial charge is 0.410 e. The van der Waals surface area contributed by atoms with Gasteiger partial charge in [-0.05, 0) is 42.4 Å². The molecule has 9 heteroatoms. The van der Waals surface area contributed by atoms with Gasteiger partial charge in [-0.1, -0.05) is 54.6 Å². The van der Waals surface area contributed by atoms with E-state index in [1.807, 2.05) is 42.5 Å². The summed E-state index contributed by atoms with van der Waals surface area (Å²) in [6.45, 7) is -0.245. The first-order valence-corrected chi connectivity index (χ1v) is 11.3. The Labute approximate surface area is 197 Å². The average molecular weight is 465 g/mol. The molecule has 2 aliphatic rings. The predicted octanol–water partition coefficient (Wildman–Crippen LogP) is 1.43. The number of carbonyl (C=O) groups is 4. The minimum absolute atomic E-state index is 0.0592. The molecule has 2 aromatic rings. The zero-order valence-electron chi connectivity index (χ0n) is 18.8. The standard InChI is InChI=1S/C25H28N4O5/c26-21(30)15-29(23(32)25(27)13-12-18-9-4-5-10-19(18)25)22(31)20-11-6-14-28(20)24(33)34-16-17-7-2-1-3-8-17/h1-5,7-10,20H,6,11-16,27H2,(H2,26,30)/t20-,25?/m0/s1. The van der Waals surface area contributed by atoms with Crippen molar-refractivity contribution in [2.75, 3.05) is 13.1 Å². The Morgan fingerprint density at radius 2 is 1.76 bits per heavy atom. The van der Waals surface area contributed by atoms with Crippen LogP contribution in [0.1, 0.15) is 36.0 Å². The molecule has 0 spiro atoms. The number of amides is 4. The van der Waals surface area contributed by atoms with Gasteiger partial charge in [0.15, 0.2) is 0 Å². The lowest BCUT2D eigenvalue weighted by atomic mass is 9.91. The third-order valence-electron chi connectivity index (χ3n) is 6.47. The maximum absolute atomic E-state index is 13.6. The Kier molecular flexibility index (Phi) is 6.65. The lowest BCUT2D eigenvalue weighted by Gasteiger charge is -2.33. The van der Waals surface area contributed by atoms with E-state index < -0.39 is 41.9 Å². The molecule has 9 nitrogen and oxygen atoms in total. The van der Waals surface area contributed by atoms with Crippen LogP contribution in [0.25, 0.3) is 0 Å². The van der Waals surface area contributed by atoms with Gasteiger partial charge in [0, 0.05) is 6.54 Å². The van der Waals surface area contributed by atoms with Crippen LogP contribution in [-0.2, 0) is 37.7 Å². The fourth-order valence-electron chi connectivity index (χ4n) is 4.73.